The smallest absolute Gasteiger partial charge is 0.274 e. The van der Waals surface area contributed by atoms with Gasteiger partial charge in [-0.1, -0.05) is 32.0 Å². The second kappa shape index (κ2) is 7.46. The lowest BCUT2D eigenvalue weighted by Gasteiger charge is -2.16. The molecule has 0 spiro atoms. The van der Waals surface area contributed by atoms with Crippen molar-refractivity contribution < 1.29 is 4.79 Å². The van der Waals surface area contributed by atoms with E-state index < -0.39 is 0 Å². The molecule has 0 aliphatic carbocycles. The largest absolute Gasteiger partial charge is 0.320 e. The van der Waals surface area contributed by atoms with Gasteiger partial charge in [0.1, 0.15) is 11.5 Å². The van der Waals surface area contributed by atoms with Crippen molar-refractivity contribution in [3.8, 4) is 0 Å². The predicted octanol–water partition coefficient (Wildman–Crippen LogP) is 3.32. The van der Waals surface area contributed by atoms with Crippen molar-refractivity contribution in [2.75, 3.05) is 11.6 Å². The van der Waals surface area contributed by atoms with Gasteiger partial charge in [0.15, 0.2) is 0 Å². The lowest BCUT2D eigenvalue weighted by atomic mass is 9.98. The van der Waals surface area contributed by atoms with Crippen LogP contribution in [0.5, 0.6) is 0 Å². The van der Waals surface area contributed by atoms with Gasteiger partial charge in [-0.2, -0.15) is 11.8 Å². The molecule has 0 fully saturated rings. The molecule has 2 aromatic rings. The molecule has 0 atom stereocenters. The Kier molecular flexibility index (Phi) is 5.60. The van der Waals surface area contributed by atoms with E-state index in [1.54, 1.807) is 0 Å². The SMILES string of the molecule is CSCc1nc(C(=O)Nc2c(C)cccc2C(C)C)cc(=O)[nH]1. The predicted molar refractivity (Wildman–Crippen MR) is 95.3 cm³/mol. The summed E-state index contributed by atoms with van der Waals surface area (Å²) in [6.45, 7) is 6.10. The summed E-state index contributed by atoms with van der Waals surface area (Å²) in [6.07, 6.45) is 1.91. The molecule has 2 rings (SSSR count). The fraction of sp³-hybridized carbons (Fsp3) is 0.353. The number of thioether (sulfide) groups is 1. The number of hydrogen-bond donors (Lipinski definition) is 2. The van der Waals surface area contributed by atoms with Crippen LogP contribution in [0, 0.1) is 6.92 Å². The van der Waals surface area contributed by atoms with Gasteiger partial charge in [-0.3, -0.25) is 9.59 Å². The number of benzene rings is 1. The number of nitrogens with one attached hydrogen (secondary N) is 2. The summed E-state index contributed by atoms with van der Waals surface area (Å²) in [7, 11) is 0. The lowest BCUT2D eigenvalue weighted by Crippen LogP contribution is -2.21. The van der Waals surface area contributed by atoms with E-state index >= 15 is 0 Å². The van der Waals surface area contributed by atoms with Crippen molar-refractivity contribution in [1.82, 2.24) is 9.97 Å². The van der Waals surface area contributed by atoms with Crippen LogP contribution in [0.2, 0.25) is 0 Å². The number of hydrogen-bond acceptors (Lipinski definition) is 4. The zero-order chi connectivity index (χ0) is 17.0. The number of carbonyl (C=O) groups excluding carboxylic acids is 1. The van der Waals surface area contributed by atoms with Crippen molar-refractivity contribution in [2.24, 2.45) is 0 Å². The van der Waals surface area contributed by atoms with Crippen LogP contribution >= 0.6 is 11.8 Å². The molecule has 1 amide bonds. The maximum absolute atomic E-state index is 12.5. The average Bonchev–Trinajstić information content (AvgIpc) is 2.48. The fourth-order valence-corrected chi connectivity index (χ4v) is 2.76. The molecule has 0 aliphatic heterocycles. The second-order valence-electron chi connectivity index (χ2n) is 5.66. The number of H-pyrrole nitrogens is 1. The number of aromatic nitrogens is 2. The number of amides is 1. The molecule has 1 heterocycles. The second-order valence-corrected chi connectivity index (χ2v) is 6.52. The average molecular weight is 331 g/mol. The van der Waals surface area contributed by atoms with Crippen LogP contribution in [0.3, 0.4) is 0 Å². The van der Waals surface area contributed by atoms with Crippen LogP contribution in [0.4, 0.5) is 5.69 Å². The van der Waals surface area contributed by atoms with E-state index in [0.29, 0.717) is 11.6 Å². The van der Waals surface area contributed by atoms with Crippen molar-refractivity contribution >= 4 is 23.4 Å². The zero-order valence-electron chi connectivity index (χ0n) is 13.8. The molecular formula is C17H21N3O2S. The summed E-state index contributed by atoms with van der Waals surface area (Å²) in [5, 5.41) is 2.91. The van der Waals surface area contributed by atoms with Crippen LogP contribution in [0.1, 0.15) is 47.2 Å². The van der Waals surface area contributed by atoms with Gasteiger partial charge in [-0.05, 0) is 30.2 Å². The van der Waals surface area contributed by atoms with Gasteiger partial charge in [0, 0.05) is 11.8 Å². The molecule has 0 saturated carbocycles. The van der Waals surface area contributed by atoms with Gasteiger partial charge in [0.05, 0.1) is 5.75 Å². The Hall–Kier alpha value is -2.08. The lowest BCUT2D eigenvalue weighted by molar-refractivity contribution is 0.102. The molecule has 0 bridgehead atoms. The number of aryl methyl sites for hydroxylation is 1. The quantitative estimate of drug-likeness (QED) is 0.881. The first-order chi connectivity index (χ1) is 10.9. The van der Waals surface area contributed by atoms with Crippen LogP contribution in [0.15, 0.2) is 29.1 Å². The van der Waals surface area contributed by atoms with Crippen LogP contribution < -0.4 is 10.9 Å². The summed E-state index contributed by atoms with van der Waals surface area (Å²) in [5.74, 6) is 0.973. The molecule has 122 valence electrons. The Morgan fingerprint density at radius 1 is 1.39 bits per heavy atom. The topological polar surface area (TPSA) is 74.8 Å². The number of para-hydroxylation sites is 1. The summed E-state index contributed by atoms with van der Waals surface area (Å²) in [5.41, 5.74) is 2.66. The van der Waals surface area contributed by atoms with Crippen molar-refractivity contribution in [1.29, 1.82) is 0 Å². The number of rotatable bonds is 5. The Bertz CT molecular complexity index is 769. The third-order valence-corrected chi connectivity index (χ3v) is 4.03. The normalized spacial score (nSPS) is 10.8. The van der Waals surface area contributed by atoms with E-state index in [1.165, 1.54) is 17.8 Å². The molecule has 0 saturated heterocycles. The van der Waals surface area contributed by atoms with E-state index in [2.05, 4.69) is 29.1 Å². The maximum atomic E-state index is 12.5. The Morgan fingerprint density at radius 3 is 2.78 bits per heavy atom. The molecule has 0 unspecified atom stereocenters. The van der Waals surface area contributed by atoms with Crippen LogP contribution in [-0.4, -0.2) is 22.1 Å². The summed E-state index contributed by atoms with van der Waals surface area (Å²) in [6, 6.07) is 7.15. The molecule has 6 heteroatoms. The number of anilines is 1. The van der Waals surface area contributed by atoms with Gasteiger partial charge in [-0.15, -0.1) is 0 Å². The maximum Gasteiger partial charge on any atom is 0.274 e. The molecule has 5 nitrogen and oxygen atoms in total. The Labute approximate surface area is 139 Å². The van der Waals surface area contributed by atoms with Crippen LogP contribution in [-0.2, 0) is 5.75 Å². The first-order valence-corrected chi connectivity index (χ1v) is 8.81. The Balaban J connectivity index is 2.35. The van der Waals surface area contributed by atoms with Crippen molar-refractivity contribution in [3.05, 3.63) is 57.3 Å². The molecular weight excluding hydrogens is 310 g/mol. The highest BCUT2D eigenvalue weighted by Gasteiger charge is 2.15. The zero-order valence-corrected chi connectivity index (χ0v) is 14.6. The van der Waals surface area contributed by atoms with Gasteiger partial charge >= 0.3 is 0 Å². The molecule has 23 heavy (non-hydrogen) atoms. The number of carbonyl (C=O) groups is 1. The molecule has 0 aliphatic rings. The molecule has 2 N–H and O–H groups in total. The van der Waals surface area contributed by atoms with E-state index in [-0.39, 0.29) is 23.1 Å². The monoisotopic (exact) mass is 331 g/mol. The molecule has 1 aromatic carbocycles. The minimum absolute atomic E-state index is 0.135. The van der Waals surface area contributed by atoms with Crippen molar-refractivity contribution in [2.45, 2.75) is 32.4 Å². The van der Waals surface area contributed by atoms with Gasteiger partial charge < -0.3 is 10.3 Å². The third-order valence-electron chi connectivity index (χ3n) is 3.47. The van der Waals surface area contributed by atoms with Gasteiger partial charge in [0.2, 0.25) is 0 Å². The standard InChI is InChI=1S/C17H21N3O2S/c1-10(2)12-7-5-6-11(3)16(12)20-17(22)13-8-15(21)19-14(18-13)9-23-4/h5-8,10H,9H2,1-4H3,(H,20,22)(H,18,19,21). The fourth-order valence-electron chi connectivity index (χ4n) is 2.35. The van der Waals surface area contributed by atoms with E-state index in [9.17, 15) is 9.59 Å². The minimum Gasteiger partial charge on any atom is -0.320 e. The Morgan fingerprint density at radius 2 is 2.13 bits per heavy atom. The summed E-state index contributed by atoms with van der Waals surface area (Å²) < 4.78 is 0. The van der Waals surface area contributed by atoms with Gasteiger partial charge in [-0.25, -0.2) is 4.98 Å². The third kappa shape index (κ3) is 4.22. The van der Waals surface area contributed by atoms with Gasteiger partial charge in [0.25, 0.3) is 11.5 Å². The summed E-state index contributed by atoms with van der Waals surface area (Å²) >= 11 is 1.53. The number of aromatic amines is 1. The minimum atomic E-state index is -0.366. The highest BCUT2D eigenvalue weighted by atomic mass is 32.2. The highest BCUT2D eigenvalue weighted by Crippen LogP contribution is 2.27. The first kappa shape index (κ1) is 17.3. The number of nitrogens with zero attached hydrogens (tertiary/aromatic N) is 1. The van der Waals surface area contributed by atoms with E-state index in [1.807, 2.05) is 31.4 Å². The molecule has 1 aromatic heterocycles. The van der Waals surface area contributed by atoms with E-state index in [0.717, 1.165) is 16.8 Å². The van der Waals surface area contributed by atoms with Crippen LogP contribution in [0.25, 0.3) is 0 Å². The van der Waals surface area contributed by atoms with Crippen molar-refractivity contribution in [3.63, 3.8) is 0 Å². The highest BCUT2D eigenvalue weighted by molar-refractivity contribution is 7.97. The summed E-state index contributed by atoms with van der Waals surface area (Å²) in [4.78, 5) is 31.1. The first-order valence-electron chi connectivity index (χ1n) is 7.42. The molecule has 0 radical (unpaired) electrons. The van der Waals surface area contributed by atoms with E-state index in [4.69, 9.17) is 0 Å².